The molecule has 1 aliphatic heterocycles. The van der Waals surface area contributed by atoms with Gasteiger partial charge in [-0.2, -0.15) is 0 Å². The molecule has 2 aromatic carbocycles. The van der Waals surface area contributed by atoms with E-state index in [1.54, 1.807) is 20.8 Å². The maximum atomic E-state index is 13.2. The summed E-state index contributed by atoms with van der Waals surface area (Å²) in [4.78, 5) is 38.6. The van der Waals surface area contributed by atoms with Crippen molar-refractivity contribution >= 4 is 18.0 Å². The number of likely N-dealkylation sites (tertiary alicyclic amines) is 1. The number of amides is 2. The summed E-state index contributed by atoms with van der Waals surface area (Å²) in [5.41, 5.74) is 1.79. The molecule has 8 nitrogen and oxygen atoms in total. The SMILES string of the molecule is CC(C)(C)[C@H](NC(=O)OCC1c2ccccc2-c2ccccc21)C(=O)N1CCC(O)(C(=O)O)C1. The van der Waals surface area contributed by atoms with E-state index in [2.05, 4.69) is 17.4 Å². The van der Waals surface area contributed by atoms with Crippen molar-refractivity contribution < 1.29 is 29.3 Å². The number of hydrogen-bond donors (Lipinski definition) is 3. The van der Waals surface area contributed by atoms with Crippen molar-refractivity contribution in [1.82, 2.24) is 10.2 Å². The fraction of sp³-hybridized carbons (Fsp3) is 0.423. The number of fused-ring (bicyclic) bond motifs is 3. The highest BCUT2D eigenvalue weighted by molar-refractivity contribution is 5.88. The van der Waals surface area contributed by atoms with Gasteiger partial charge in [0.1, 0.15) is 12.6 Å². The first-order chi connectivity index (χ1) is 16.0. The molecule has 1 unspecified atom stereocenters. The zero-order valence-corrected chi connectivity index (χ0v) is 19.6. The lowest BCUT2D eigenvalue weighted by Crippen LogP contribution is -2.55. The number of aliphatic carboxylic acids is 1. The number of carbonyl (C=O) groups excluding carboxylic acids is 2. The van der Waals surface area contributed by atoms with E-state index in [1.165, 1.54) is 4.90 Å². The monoisotopic (exact) mass is 466 g/mol. The topological polar surface area (TPSA) is 116 Å². The number of aliphatic hydroxyl groups is 1. The fourth-order valence-electron chi connectivity index (χ4n) is 4.75. The molecule has 0 bridgehead atoms. The molecule has 3 N–H and O–H groups in total. The summed E-state index contributed by atoms with van der Waals surface area (Å²) in [7, 11) is 0. The first-order valence-corrected chi connectivity index (χ1v) is 11.4. The molecule has 0 spiro atoms. The zero-order chi connectivity index (χ0) is 24.7. The van der Waals surface area contributed by atoms with Crippen molar-refractivity contribution in [3.05, 3.63) is 59.7 Å². The fourth-order valence-corrected chi connectivity index (χ4v) is 4.75. The Kier molecular flexibility index (Phi) is 6.12. The summed E-state index contributed by atoms with van der Waals surface area (Å²) in [5.74, 6) is -1.91. The third kappa shape index (κ3) is 4.37. The highest BCUT2D eigenvalue weighted by Gasteiger charge is 2.47. The van der Waals surface area contributed by atoms with Crippen molar-refractivity contribution in [3.63, 3.8) is 0 Å². The van der Waals surface area contributed by atoms with Crippen molar-refractivity contribution in [2.45, 2.75) is 44.8 Å². The zero-order valence-electron chi connectivity index (χ0n) is 19.6. The maximum absolute atomic E-state index is 13.2. The number of carboxylic acid groups (broad SMARTS) is 1. The maximum Gasteiger partial charge on any atom is 0.407 e. The van der Waals surface area contributed by atoms with Crippen LogP contribution in [-0.2, 0) is 14.3 Å². The van der Waals surface area contributed by atoms with Gasteiger partial charge < -0.3 is 25.2 Å². The standard InChI is InChI=1S/C26H30N2O6/c1-25(2,3)21(22(29)28-13-12-26(33,15-28)23(30)31)27-24(32)34-14-20-18-10-6-4-8-16(18)17-9-5-7-11-19(17)20/h4-11,20-21,33H,12-15H2,1-3H3,(H,27,32)(H,30,31)/t21-,26?/m1/s1. The molecule has 2 aliphatic rings. The Morgan fingerprint density at radius 2 is 1.65 bits per heavy atom. The Balaban J connectivity index is 1.45. The van der Waals surface area contributed by atoms with Crippen molar-refractivity contribution in [2.75, 3.05) is 19.7 Å². The number of alkyl carbamates (subject to hydrolysis) is 1. The van der Waals surface area contributed by atoms with Crippen LogP contribution in [0.4, 0.5) is 4.79 Å². The molecule has 0 saturated carbocycles. The van der Waals surface area contributed by atoms with Gasteiger partial charge in [0.2, 0.25) is 5.91 Å². The van der Waals surface area contributed by atoms with E-state index in [0.29, 0.717) is 0 Å². The number of nitrogens with one attached hydrogen (secondary N) is 1. The lowest BCUT2D eigenvalue weighted by Gasteiger charge is -2.33. The molecule has 2 amide bonds. The van der Waals surface area contributed by atoms with Crippen LogP contribution in [0.1, 0.15) is 44.2 Å². The van der Waals surface area contributed by atoms with Gasteiger partial charge in [0, 0.05) is 18.9 Å². The third-order valence-electron chi connectivity index (χ3n) is 6.68. The van der Waals surface area contributed by atoms with Gasteiger partial charge in [0.25, 0.3) is 0 Å². The van der Waals surface area contributed by atoms with Crippen LogP contribution in [0.3, 0.4) is 0 Å². The first-order valence-electron chi connectivity index (χ1n) is 11.4. The summed E-state index contributed by atoms with van der Waals surface area (Å²) in [6.07, 6.45) is -0.779. The summed E-state index contributed by atoms with van der Waals surface area (Å²) in [6.45, 7) is 5.31. The first kappa shape index (κ1) is 23.8. The van der Waals surface area contributed by atoms with Crippen LogP contribution < -0.4 is 5.32 Å². The predicted octanol–water partition coefficient (Wildman–Crippen LogP) is 2.99. The Bertz CT molecular complexity index is 1080. The van der Waals surface area contributed by atoms with Crippen molar-refractivity contribution in [3.8, 4) is 11.1 Å². The van der Waals surface area contributed by atoms with Crippen LogP contribution in [0.5, 0.6) is 0 Å². The van der Waals surface area contributed by atoms with Crippen LogP contribution >= 0.6 is 0 Å². The van der Waals surface area contributed by atoms with E-state index < -0.39 is 35.0 Å². The second-order valence-electron chi connectivity index (χ2n) is 10.1. The molecule has 0 aromatic heterocycles. The molecule has 34 heavy (non-hydrogen) atoms. The van der Waals surface area contributed by atoms with Crippen molar-refractivity contribution in [2.24, 2.45) is 5.41 Å². The lowest BCUT2D eigenvalue weighted by atomic mass is 9.86. The number of β-amino-alcohol motifs (C(OH)–C–C–N with tert-alkyl or cyclic N) is 1. The van der Waals surface area contributed by atoms with Gasteiger partial charge >= 0.3 is 12.1 Å². The van der Waals surface area contributed by atoms with Crippen LogP contribution in [0.15, 0.2) is 48.5 Å². The number of carboxylic acids is 1. The molecule has 0 radical (unpaired) electrons. The summed E-state index contributed by atoms with van der Waals surface area (Å²) in [5, 5.41) is 22.1. The van der Waals surface area contributed by atoms with Gasteiger partial charge in [0.05, 0.1) is 6.54 Å². The highest BCUT2D eigenvalue weighted by atomic mass is 16.5. The Morgan fingerprint density at radius 3 is 2.15 bits per heavy atom. The van der Waals surface area contributed by atoms with E-state index >= 15 is 0 Å². The molecular formula is C26H30N2O6. The van der Waals surface area contributed by atoms with Crippen LogP contribution in [0, 0.1) is 5.41 Å². The molecule has 1 aliphatic carbocycles. The normalized spacial score (nSPS) is 20.4. The molecule has 1 fully saturated rings. The Hall–Kier alpha value is -3.39. The number of rotatable bonds is 5. The Morgan fingerprint density at radius 1 is 1.09 bits per heavy atom. The van der Waals surface area contributed by atoms with E-state index in [0.717, 1.165) is 22.3 Å². The number of ether oxygens (including phenoxy) is 1. The van der Waals surface area contributed by atoms with Gasteiger partial charge in [-0.3, -0.25) is 4.79 Å². The minimum atomic E-state index is -1.97. The molecule has 180 valence electrons. The van der Waals surface area contributed by atoms with E-state index in [1.807, 2.05) is 36.4 Å². The van der Waals surface area contributed by atoms with E-state index in [9.17, 15) is 24.6 Å². The average Bonchev–Trinajstić information content (AvgIpc) is 3.34. The molecule has 8 heteroatoms. The second kappa shape index (κ2) is 8.76. The van der Waals surface area contributed by atoms with Gasteiger partial charge in [-0.05, 0) is 27.7 Å². The largest absolute Gasteiger partial charge is 0.479 e. The summed E-state index contributed by atoms with van der Waals surface area (Å²) < 4.78 is 5.59. The van der Waals surface area contributed by atoms with Crippen LogP contribution in [0.2, 0.25) is 0 Å². The van der Waals surface area contributed by atoms with E-state index in [-0.39, 0.29) is 32.0 Å². The number of benzene rings is 2. The molecule has 2 aromatic rings. The second-order valence-corrected chi connectivity index (χ2v) is 10.1. The minimum Gasteiger partial charge on any atom is -0.479 e. The number of hydrogen-bond acceptors (Lipinski definition) is 5. The summed E-state index contributed by atoms with van der Waals surface area (Å²) in [6, 6.07) is 15.1. The van der Waals surface area contributed by atoms with Gasteiger partial charge in [-0.15, -0.1) is 0 Å². The van der Waals surface area contributed by atoms with E-state index in [4.69, 9.17) is 4.74 Å². The van der Waals surface area contributed by atoms with Gasteiger partial charge in [0.15, 0.2) is 5.60 Å². The summed E-state index contributed by atoms with van der Waals surface area (Å²) >= 11 is 0. The highest BCUT2D eigenvalue weighted by Crippen LogP contribution is 2.44. The van der Waals surface area contributed by atoms with Crippen molar-refractivity contribution in [1.29, 1.82) is 0 Å². The molecule has 4 rings (SSSR count). The Labute approximate surface area is 198 Å². The molecule has 1 saturated heterocycles. The predicted molar refractivity (Wildman–Crippen MR) is 125 cm³/mol. The van der Waals surface area contributed by atoms with Gasteiger partial charge in [-0.1, -0.05) is 69.3 Å². The average molecular weight is 467 g/mol. The quantitative estimate of drug-likeness (QED) is 0.624. The lowest BCUT2D eigenvalue weighted by molar-refractivity contribution is -0.157. The third-order valence-corrected chi connectivity index (χ3v) is 6.68. The van der Waals surface area contributed by atoms with Gasteiger partial charge in [-0.25, -0.2) is 9.59 Å². The van der Waals surface area contributed by atoms with Crippen LogP contribution in [0.25, 0.3) is 11.1 Å². The molecule has 2 atom stereocenters. The smallest absolute Gasteiger partial charge is 0.407 e. The number of carbonyl (C=O) groups is 3. The molecular weight excluding hydrogens is 436 g/mol. The van der Waals surface area contributed by atoms with Crippen LogP contribution in [-0.4, -0.2) is 64.4 Å². The molecule has 1 heterocycles. The minimum absolute atomic E-state index is 0.0596. The number of nitrogens with zero attached hydrogens (tertiary/aromatic N) is 1.